The van der Waals surface area contributed by atoms with Gasteiger partial charge in [-0.2, -0.15) is 5.10 Å². The number of benzene rings is 1. The fourth-order valence-electron chi connectivity index (χ4n) is 2.42. The largest absolute Gasteiger partial charge is 0.389 e. The Labute approximate surface area is 131 Å². The Morgan fingerprint density at radius 1 is 1.41 bits per heavy atom. The van der Waals surface area contributed by atoms with Gasteiger partial charge in [-0.3, -0.25) is 4.68 Å². The van der Waals surface area contributed by atoms with Crippen molar-refractivity contribution >= 4 is 11.3 Å². The third kappa shape index (κ3) is 2.93. The van der Waals surface area contributed by atoms with Gasteiger partial charge in [0.05, 0.1) is 28.2 Å². The summed E-state index contributed by atoms with van der Waals surface area (Å²) in [4.78, 5) is 5.61. The molecule has 0 aliphatic carbocycles. The lowest BCUT2D eigenvalue weighted by molar-refractivity contribution is 0.199. The van der Waals surface area contributed by atoms with Crippen LogP contribution in [0.5, 0.6) is 0 Å². The number of thiazole rings is 1. The molecule has 0 saturated carbocycles. The molecule has 2 aromatic heterocycles. The van der Waals surface area contributed by atoms with E-state index < -0.39 is 6.10 Å². The monoisotopic (exact) mass is 317 g/mol. The maximum absolute atomic E-state index is 13.5. The molecule has 0 fully saturated rings. The minimum atomic E-state index is -0.759. The number of aliphatic hydroxyl groups is 1. The lowest BCUT2D eigenvalue weighted by Crippen LogP contribution is -2.02. The van der Waals surface area contributed by atoms with E-state index in [-0.39, 0.29) is 5.82 Å². The van der Waals surface area contributed by atoms with Crippen molar-refractivity contribution in [2.75, 3.05) is 0 Å². The van der Waals surface area contributed by atoms with Gasteiger partial charge < -0.3 is 5.11 Å². The second kappa shape index (κ2) is 5.98. The maximum atomic E-state index is 13.5. The molecule has 1 unspecified atom stereocenters. The van der Waals surface area contributed by atoms with E-state index in [0.29, 0.717) is 12.1 Å². The average Bonchev–Trinajstić information content (AvgIpc) is 3.09. The van der Waals surface area contributed by atoms with Crippen LogP contribution in [0, 0.1) is 12.7 Å². The molecule has 3 rings (SSSR count). The molecule has 0 amide bonds. The number of nitrogens with zero attached hydrogens (tertiary/aromatic N) is 3. The van der Waals surface area contributed by atoms with Crippen LogP contribution in [0.4, 0.5) is 4.39 Å². The summed E-state index contributed by atoms with van der Waals surface area (Å²) < 4.78 is 15.3. The lowest BCUT2D eigenvalue weighted by Gasteiger charge is -2.12. The summed E-state index contributed by atoms with van der Waals surface area (Å²) in [5.74, 6) is -0.361. The van der Waals surface area contributed by atoms with E-state index >= 15 is 0 Å². The van der Waals surface area contributed by atoms with E-state index in [2.05, 4.69) is 10.1 Å². The summed E-state index contributed by atoms with van der Waals surface area (Å²) in [6.45, 7) is 4.17. The van der Waals surface area contributed by atoms with Crippen LogP contribution in [0.2, 0.25) is 0 Å². The Bertz CT molecular complexity index is 781. The number of halogens is 1. The first-order valence-corrected chi connectivity index (χ1v) is 7.78. The zero-order chi connectivity index (χ0) is 15.7. The highest BCUT2D eigenvalue weighted by Gasteiger charge is 2.18. The highest BCUT2D eigenvalue weighted by Crippen LogP contribution is 2.34. The van der Waals surface area contributed by atoms with E-state index in [4.69, 9.17) is 0 Å². The summed E-state index contributed by atoms with van der Waals surface area (Å²) >= 11 is 1.58. The van der Waals surface area contributed by atoms with E-state index in [1.54, 1.807) is 30.5 Å². The van der Waals surface area contributed by atoms with E-state index in [9.17, 15) is 9.50 Å². The van der Waals surface area contributed by atoms with Crippen LogP contribution >= 0.6 is 11.3 Å². The molecule has 0 bridgehead atoms. The van der Waals surface area contributed by atoms with E-state index in [0.717, 1.165) is 21.1 Å². The van der Waals surface area contributed by atoms with Gasteiger partial charge in [-0.05, 0) is 43.7 Å². The van der Waals surface area contributed by atoms with E-state index in [1.807, 2.05) is 23.9 Å². The topological polar surface area (TPSA) is 50.9 Å². The molecule has 0 aliphatic heterocycles. The standard InChI is InChI=1S/C16H16FN3OS/c1-10(21)14-8-12(17)4-5-13(14)16-15(22-11(2)19-16)9-20-7-3-6-18-20/h3-8,10,21H,9H2,1-2H3. The normalized spacial score (nSPS) is 12.5. The van der Waals surface area contributed by atoms with Gasteiger partial charge in [0.25, 0.3) is 0 Å². The molecule has 2 heterocycles. The SMILES string of the molecule is Cc1nc(-c2ccc(F)cc2C(C)O)c(Cn2cccn2)s1. The van der Waals surface area contributed by atoms with Crippen molar-refractivity contribution in [3.63, 3.8) is 0 Å². The highest BCUT2D eigenvalue weighted by atomic mass is 32.1. The number of hydrogen-bond acceptors (Lipinski definition) is 4. The van der Waals surface area contributed by atoms with Gasteiger partial charge in [0.1, 0.15) is 5.82 Å². The fraction of sp³-hybridized carbons (Fsp3) is 0.250. The Morgan fingerprint density at radius 3 is 2.91 bits per heavy atom. The van der Waals surface area contributed by atoms with Gasteiger partial charge in [-0.25, -0.2) is 9.37 Å². The van der Waals surface area contributed by atoms with Crippen molar-refractivity contribution in [1.82, 2.24) is 14.8 Å². The molecule has 3 aromatic rings. The minimum Gasteiger partial charge on any atom is -0.389 e. The van der Waals surface area contributed by atoms with Crippen LogP contribution in [-0.4, -0.2) is 19.9 Å². The van der Waals surface area contributed by atoms with Crippen molar-refractivity contribution in [1.29, 1.82) is 0 Å². The smallest absolute Gasteiger partial charge is 0.123 e. The van der Waals surface area contributed by atoms with Crippen LogP contribution in [0.1, 0.15) is 28.5 Å². The summed E-state index contributed by atoms with van der Waals surface area (Å²) in [5.41, 5.74) is 2.10. The first-order chi connectivity index (χ1) is 10.5. The number of hydrogen-bond donors (Lipinski definition) is 1. The Balaban J connectivity index is 2.09. The average molecular weight is 317 g/mol. The number of rotatable bonds is 4. The Morgan fingerprint density at radius 2 is 2.23 bits per heavy atom. The fourth-order valence-corrected chi connectivity index (χ4v) is 3.37. The van der Waals surface area contributed by atoms with Gasteiger partial charge in [0.2, 0.25) is 0 Å². The lowest BCUT2D eigenvalue weighted by atomic mass is 9.99. The molecular formula is C16H16FN3OS. The predicted molar refractivity (Wildman–Crippen MR) is 84.2 cm³/mol. The Kier molecular flexibility index (Phi) is 4.04. The highest BCUT2D eigenvalue weighted by molar-refractivity contribution is 7.12. The molecule has 4 nitrogen and oxygen atoms in total. The minimum absolute atomic E-state index is 0.361. The summed E-state index contributed by atoms with van der Waals surface area (Å²) in [6.07, 6.45) is 2.86. The summed E-state index contributed by atoms with van der Waals surface area (Å²) in [7, 11) is 0. The van der Waals surface area contributed by atoms with Crippen LogP contribution in [0.3, 0.4) is 0 Å². The molecule has 22 heavy (non-hydrogen) atoms. The molecule has 0 saturated heterocycles. The molecule has 6 heteroatoms. The molecule has 0 aliphatic rings. The van der Waals surface area contributed by atoms with Crippen LogP contribution < -0.4 is 0 Å². The Hall–Kier alpha value is -2.05. The van der Waals surface area contributed by atoms with Gasteiger partial charge in [-0.1, -0.05) is 0 Å². The van der Waals surface area contributed by atoms with Crippen LogP contribution in [0.15, 0.2) is 36.7 Å². The van der Waals surface area contributed by atoms with Gasteiger partial charge in [-0.15, -0.1) is 11.3 Å². The van der Waals surface area contributed by atoms with Crippen LogP contribution in [0.25, 0.3) is 11.3 Å². The van der Waals surface area contributed by atoms with Gasteiger partial charge in [0.15, 0.2) is 0 Å². The zero-order valence-electron chi connectivity index (χ0n) is 12.3. The number of aromatic nitrogens is 3. The second-order valence-electron chi connectivity index (χ2n) is 5.12. The van der Waals surface area contributed by atoms with Gasteiger partial charge in [0, 0.05) is 18.0 Å². The van der Waals surface area contributed by atoms with Crippen molar-refractivity contribution < 1.29 is 9.50 Å². The number of aryl methyl sites for hydroxylation is 1. The molecule has 1 N–H and O–H groups in total. The first kappa shape index (κ1) is 14.9. The zero-order valence-corrected chi connectivity index (χ0v) is 13.1. The molecule has 1 atom stereocenters. The van der Waals surface area contributed by atoms with E-state index in [1.165, 1.54) is 12.1 Å². The molecular weight excluding hydrogens is 301 g/mol. The van der Waals surface area contributed by atoms with Crippen molar-refractivity contribution in [2.24, 2.45) is 0 Å². The molecule has 1 aromatic carbocycles. The third-order valence-electron chi connectivity index (χ3n) is 3.39. The maximum Gasteiger partial charge on any atom is 0.123 e. The molecule has 0 spiro atoms. The third-order valence-corrected chi connectivity index (χ3v) is 4.34. The summed E-state index contributed by atoms with van der Waals surface area (Å²) in [5, 5.41) is 15.1. The number of aliphatic hydroxyl groups excluding tert-OH is 1. The van der Waals surface area contributed by atoms with Crippen molar-refractivity contribution in [3.05, 3.63) is 57.9 Å². The van der Waals surface area contributed by atoms with Crippen molar-refractivity contribution in [3.8, 4) is 11.3 Å². The molecule has 0 radical (unpaired) electrons. The quantitative estimate of drug-likeness (QED) is 0.800. The second-order valence-corrected chi connectivity index (χ2v) is 6.40. The first-order valence-electron chi connectivity index (χ1n) is 6.96. The molecule has 114 valence electrons. The summed E-state index contributed by atoms with van der Waals surface area (Å²) in [6, 6.07) is 6.31. The van der Waals surface area contributed by atoms with Gasteiger partial charge >= 0.3 is 0 Å². The predicted octanol–water partition coefficient (Wildman–Crippen LogP) is 3.56. The van der Waals surface area contributed by atoms with Crippen molar-refractivity contribution in [2.45, 2.75) is 26.5 Å². The van der Waals surface area contributed by atoms with Crippen LogP contribution in [-0.2, 0) is 6.54 Å².